The highest BCUT2D eigenvalue weighted by Crippen LogP contribution is 2.27. The van der Waals surface area contributed by atoms with Crippen molar-refractivity contribution in [3.05, 3.63) is 39.9 Å². The molecule has 0 N–H and O–H groups in total. The lowest BCUT2D eigenvalue weighted by Gasteiger charge is -2.22. The van der Waals surface area contributed by atoms with Crippen LogP contribution in [0.2, 0.25) is 0 Å². The van der Waals surface area contributed by atoms with Crippen LogP contribution in [0.3, 0.4) is 0 Å². The van der Waals surface area contributed by atoms with Crippen molar-refractivity contribution in [1.29, 1.82) is 0 Å². The molecular weight excluding hydrogens is 302 g/mol. The van der Waals surface area contributed by atoms with E-state index in [0.29, 0.717) is 10.9 Å². The zero-order chi connectivity index (χ0) is 13.8. The maximum Gasteiger partial charge on any atom is 0.316 e. The molecule has 0 spiro atoms. The molecule has 18 heavy (non-hydrogen) atoms. The van der Waals surface area contributed by atoms with E-state index in [1.807, 2.05) is 0 Å². The molecule has 0 fully saturated rings. The second kappa shape index (κ2) is 5.95. The molecular formula is C12H14BrNO4. The van der Waals surface area contributed by atoms with Gasteiger partial charge in [0.15, 0.2) is 0 Å². The number of esters is 1. The molecule has 1 rings (SSSR count). The molecule has 0 aromatic heterocycles. The number of halogens is 1. The minimum Gasteiger partial charge on any atom is -0.464 e. The lowest BCUT2D eigenvalue weighted by Crippen LogP contribution is -2.31. The van der Waals surface area contributed by atoms with Crippen molar-refractivity contribution in [1.82, 2.24) is 0 Å². The Hall–Kier alpha value is -1.43. The molecule has 98 valence electrons. The van der Waals surface area contributed by atoms with Gasteiger partial charge in [-0.1, -0.05) is 28.1 Å². The Morgan fingerprint density at radius 1 is 1.50 bits per heavy atom. The zero-order valence-corrected chi connectivity index (χ0v) is 11.8. The van der Waals surface area contributed by atoms with E-state index in [0.717, 1.165) is 0 Å². The number of carbonyl (C=O) groups is 1. The van der Waals surface area contributed by atoms with Crippen molar-refractivity contribution in [3.63, 3.8) is 0 Å². The molecule has 0 bridgehead atoms. The van der Waals surface area contributed by atoms with Crippen LogP contribution in [0.25, 0.3) is 0 Å². The van der Waals surface area contributed by atoms with Crippen LogP contribution in [0, 0.1) is 10.1 Å². The Morgan fingerprint density at radius 2 is 2.17 bits per heavy atom. The lowest BCUT2D eigenvalue weighted by molar-refractivity contribution is -0.384. The van der Waals surface area contributed by atoms with Gasteiger partial charge in [0.05, 0.1) is 10.3 Å². The largest absolute Gasteiger partial charge is 0.464 e. The molecule has 0 unspecified atom stereocenters. The SMILES string of the molecule is CC(C)(C(=O)OCCBr)c1cccc([N+](=O)[O-])c1. The third-order valence-electron chi connectivity index (χ3n) is 2.60. The fourth-order valence-electron chi connectivity index (χ4n) is 1.44. The standard InChI is InChI=1S/C12H14BrNO4/c1-12(2,11(15)18-7-6-13)9-4-3-5-10(8-9)14(16)17/h3-5,8H,6-7H2,1-2H3. The molecule has 0 atom stereocenters. The number of carbonyl (C=O) groups excluding carboxylic acids is 1. The summed E-state index contributed by atoms with van der Waals surface area (Å²) in [6.07, 6.45) is 0. The van der Waals surface area contributed by atoms with Gasteiger partial charge < -0.3 is 4.74 Å². The van der Waals surface area contributed by atoms with Gasteiger partial charge in [0.1, 0.15) is 6.61 Å². The third kappa shape index (κ3) is 3.29. The van der Waals surface area contributed by atoms with E-state index in [9.17, 15) is 14.9 Å². The van der Waals surface area contributed by atoms with Gasteiger partial charge in [0.25, 0.3) is 5.69 Å². The predicted octanol–water partition coefficient (Wildman–Crippen LogP) is 2.81. The molecule has 0 heterocycles. The van der Waals surface area contributed by atoms with Crippen LogP contribution in [0.1, 0.15) is 19.4 Å². The fraction of sp³-hybridized carbons (Fsp3) is 0.417. The van der Waals surface area contributed by atoms with Crippen molar-refractivity contribution in [2.24, 2.45) is 0 Å². The first-order valence-corrected chi connectivity index (χ1v) is 6.50. The minimum absolute atomic E-state index is 0.0335. The third-order valence-corrected chi connectivity index (χ3v) is 2.92. The summed E-state index contributed by atoms with van der Waals surface area (Å²) in [5, 5.41) is 11.3. The summed E-state index contributed by atoms with van der Waals surface area (Å²) >= 11 is 3.17. The minimum atomic E-state index is -0.909. The second-order valence-corrected chi connectivity index (χ2v) is 5.05. The van der Waals surface area contributed by atoms with Crippen molar-refractivity contribution in [2.45, 2.75) is 19.3 Å². The van der Waals surface area contributed by atoms with Gasteiger partial charge in [-0.2, -0.15) is 0 Å². The molecule has 1 aromatic rings. The molecule has 5 nitrogen and oxygen atoms in total. The Bertz CT molecular complexity index is 459. The van der Waals surface area contributed by atoms with Crippen LogP contribution in [-0.4, -0.2) is 22.8 Å². The van der Waals surface area contributed by atoms with Gasteiger partial charge in [0.2, 0.25) is 0 Å². The van der Waals surface area contributed by atoms with E-state index < -0.39 is 16.3 Å². The number of nitrogens with zero attached hydrogens (tertiary/aromatic N) is 1. The molecule has 0 aliphatic carbocycles. The van der Waals surface area contributed by atoms with Gasteiger partial charge >= 0.3 is 5.97 Å². The Labute approximate surface area is 113 Å². The van der Waals surface area contributed by atoms with Gasteiger partial charge in [-0.25, -0.2) is 0 Å². The summed E-state index contributed by atoms with van der Waals surface area (Å²) in [5.74, 6) is -0.401. The quantitative estimate of drug-likeness (QED) is 0.362. The molecule has 0 aliphatic rings. The van der Waals surface area contributed by atoms with E-state index in [2.05, 4.69) is 15.9 Å². The number of nitro benzene ring substituents is 1. The number of alkyl halides is 1. The number of benzene rings is 1. The molecule has 0 amide bonds. The fourth-order valence-corrected chi connectivity index (χ4v) is 1.60. The zero-order valence-electron chi connectivity index (χ0n) is 10.2. The molecule has 0 saturated carbocycles. The van der Waals surface area contributed by atoms with E-state index >= 15 is 0 Å². The second-order valence-electron chi connectivity index (χ2n) is 4.26. The number of non-ortho nitro benzene ring substituents is 1. The predicted molar refractivity (Wildman–Crippen MR) is 70.9 cm³/mol. The van der Waals surface area contributed by atoms with Crippen molar-refractivity contribution < 1.29 is 14.5 Å². The van der Waals surface area contributed by atoms with Crippen LogP contribution in [-0.2, 0) is 14.9 Å². The maximum absolute atomic E-state index is 11.9. The van der Waals surface area contributed by atoms with Crippen LogP contribution in [0.4, 0.5) is 5.69 Å². The molecule has 0 aliphatic heterocycles. The highest BCUT2D eigenvalue weighted by atomic mass is 79.9. The monoisotopic (exact) mass is 315 g/mol. The van der Waals surface area contributed by atoms with Gasteiger partial charge in [-0.3, -0.25) is 14.9 Å². The Balaban J connectivity index is 3.00. The number of hydrogen-bond donors (Lipinski definition) is 0. The summed E-state index contributed by atoms with van der Waals surface area (Å²) in [7, 11) is 0. The molecule has 6 heteroatoms. The molecule has 1 aromatic carbocycles. The summed E-state index contributed by atoms with van der Waals surface area (Å²) in [6.45, 7) is 3.64. The topological polar surface area (TPSA) is 69.4 Å². The maximum atomic E-state index is 11.9. The van der Waals surface area contributed by atoms with Gasteiger partial charge in [0, 0.05) is 17.5 Å². The summed E-state index contributed by atoms with van der Waals surface area (Å²) < 4.78 is 5.06. The lowest BCUT2D eigenvalue weighted by atomic mass is 9.84. The number of ether oxygens (including phenoxy) is 1. The van der Waals surface area contributed by atoms with Crippen LogP contribution in [0.5, 0.6) is 0 Å². The van der Waals surface area contributed by atoms with E-state index in [1.165, 1.54) is 12.1 Å². The summed E-state index contributed by atoms with van der Waals surface area (Å²) in [4.78, 5) is 22.1. The highest BCUT2D eigenvalue weighted by molar-refractivity contribution is 9.09. The van der Waals surface area contributed by atoms with Crippen molar-refractivity contribution in [2.75, 3.05) is 11.9 Å². The van der Waals surface area contributed by atoms with Crippen molar-refractivity contribution in [3.8, 4) is 0 Å². The first-order chi connectivity index (χ1) is 8.39. The first kappa shape index (κ1) is 14.6. The van der Waals surface area contributed by atoms with Crippen molar-refractivity contribution >= 4 is 27.6 Å². The van der Waals surface area contributed by atoms with Crippen LogP contribution in [0.15, 0.2) is 24.3 Å². The van der Waals surface area contributed by atoms with Crippen LogP contribution >= 0.6 is 15.9 Å². The number of hydrogen-bond acceptors (Lipinski definition) is 4. The molecule has 0 saturated heterocycles. The Kier molecular flexibility index (Phi) is 4.84. The van der Waals surface area contributed by atoms with E-state index in [4.69, 9.17) is 4.74 Å². The van der Waals surface area contributed by atoms with Crippen LogP contribution < -0.4 is 0 Å². The van der Waals surface area contributed by atoms with E-state index in [-0.39, 0.29) is 12.3 Å². The Morgan fingerprint density at radius 3 is 2.72 bits per heavy atom. The normalized spacial score (nSPS) is 11.1. The van der Waals surface area contributed by atoms with E-state index in [1.54, 1.807) is 26.0 Å². The first-order valence-electron chi connectivity index (χ1n) is 5.37. The summed E-state index contributed by atoms with van der Waals surface area (Å²) in [5.41, 5.74) is -0.376. The van der Waals surface area contributed by atoms with Gasteiger partial charge in [-0.15, -0.1) is 0 Å². The number of rotatable bonds is 5. The highest BCUT2D eigenvalue weighted by Gasteiger charge is 2.32. The average Bonchev–Trinajstić information content (AvgIpc) is 2.35. The van der Waals surface area contributed by atoms with Gasteiger partial charge in [-0.05, 0) is 19.4 Å². The molecule has 0 radical (unpaired) electrons. The average molecular weight is 316 g/mol. The summed E-state index contributed by atoms with van der Waals surface area (Å²) in [6, 6.07) is 6.04. The smallest absolute Gasteiger partial charge is 0.316 e. The number of nitro groups is 1.